The van der Waals surface area contributed by atoms with E-state index in [0.29, 0.717) is 24.3 Å². The average Bonchev–Trinajstić information content (AvgIpc) is 2.65. The normalized spacial score (nSPS) is 12.4. The number of ether oxygens (including phenoxy) is 1. The van der Waals surface area contributed by atoms with Gasteiger partial charge in [-0.1, -0.05) is 0 Å². The first-order valence-electron chi connectivity index (χ1n) is 5.14. The zero-order chi connectivity index (χ0) is 12.0. The van der Waals surface area contributed by atoms with Crippen LogP contribution in [0.2, 0.25) is 0 Å². The topological polar surface area (TPSA) is 71.7 Å². The molecule has 0 aliphatic rings. The van der Waals surface area contributed by atoms with Crippen molar-refractivity contribution in [1.82, 2.24) is 5.32 Å². The van der Waals surface area contributed by atoms with Crippen molar-refractivity contribution in [2.24, 2.45) is 0 Å². The van der Waals surface area contributed by atoms with Crippen molar-refractivity contribution in [2.45, 2.75) is 19.4 Å². The molecule has 1 atom stereocenters. The van der Waals surface area contributed by atoms with E-state index in [4.69, 9.17) is 9.15 Å². The molecule has 0 bridgehead atoms. The van der Waals surface area contributed by atoms with Crippen molar-refractivity contribution in [2.75, 3.05) is 20.3 Å². The molecule has 1 heterocycles. The number of carbonyl (C=O) groups excluding carboxylic acids is 1. The van der Waals surface area contributed by atoms with Crippen LogP contribution in [-0.2, 0) is 4.74 Å². The van der Waals surface area contributed by atoms with Crippen molar-refractivity contribution < 1.29 is 19.1 Å². The van der Waals surface area contributed by atoms with Crippen molar-refractivity contribution in [3.63, 3.8) is 0 Å². The van der Waals surface area contributed by atoms with E-state index in [9.17, 15) is 9.90 Å². The predicted octanol–water partition coefficient (Wildman–Crippen LogP) is 0.715. The van der Waals surface area contributed by atoms with Gasteiger partial charge in [0.25, 0.3) is 5.91 Å². The number of aryl methyl sites for hydroxylation is 1. The molecule has 90 valence electrons. The Morgan fingerprint density at radius 2 is 2.44 bits per heavy atom. The van der Waals surface area contributed by atoms with Gasteiger partial charge in [-0.2, -0.15) is 0 Å². The molecule has 0 fully saturated rings. The Labute approximate surface area is 94.4 Å². The van der Waals surface area contributed by atoms with E-state index in [1.165, 1.54) is 13.4 Å². The third kappa shape index (κ3) is 4.04. The second kappa shape index (κ2) is 6.30. The molecule has 0 saturated heterocycles. The van der Waals surface area contributed by atoms with Crippen LogP contribution in [0.5, 0.6) is 0 Å². The number of carbonyl (C=O) groups is 1. The molecule has 0 saturated carbocycles. The van der Waals surface area contributed by atoms with Crippen LogP contribution in [0.15, 0.2) is 16.7 Å². The average molecular weight is 227 g/mol. The van der Waals surface area contributed by atoms with Crippen LogP contribution in [0.4, 0.5) is 0 Å². The van der Waals surface area contributed by atoms with E-state index in [0.717, 1.165) is 0 Å². The molecule has 5 heteroatoms. The number of nitrogens with one attached hydrogen (secondary N) is 1. The van der Waals surface area contributed by atoms with Crippen molar-refractivity contribution in [1.29, 1.82) is 0 Å². The summed E-state index contributed by atoms with van der Waals surface area (Å²) in [6, 6.07) is 1.67. The number of methoxy groups -OCH3 is 1. The van der Waals surface area contributed by atoms with Crippen LogP contribution in [-0.4, -0.2) is 37.4 Å². The molecule has 0 aromatic carbocycles. The lowest BCUT2D eigenvalue weighted by atomic mass is 10.2. The Morgan fingerprint density at radius 1 is 1.69 bits per heavy atom. The Balaban J connectivity index is 2.25. The Hall–Kier alpha value is -1.33. The van der Waals surface area contributed by atoms with Crippen LogP contribution in [0.1, 0.15) is 22.5 Å². The molecule has 1 aromatic heterocycles. The first-order valence-corrected chi connectivity index (χ1v) is 5.14. The lowest BCUT2D eigenvalue weighted by molar-refractivity contribution is 0.0587. The van der Waals surface area contributed by atoms with Gasteiger partial charge in [0.15, 0.2) is 0 Å². The van der Waals surface area contributed by atoms with Gasteiger partial charge in [0.05, 0.1) is 18.3 Å². The molecule has 16 heavy (non-hydrogen) atoms. The van der Waals surface area contributed by atoms with E-state index >= 15 is 0 Å². The highest BCUT2D eigenvalue weighted by molar-refractivity contribution is 5.93. The number of hydrogen-bond donors (Lipinski definition) is 2. The molecule has 5 nitrogen and oxygen atoms in total. The standard InChI is InChI=1S/C11H17NO4/c1-8-5-9(6-16-8)11(14)12-4-3-10(13)7-15-2/h5-6,10,13H,3-4,7H2,1-2H3,(H,12,14). The van der Waals surface area contributed by atoms with Gasteiger partial charge in [-0.25, -0.2) is 0 Å². The van der Waals surface area contributed by atoms with E-state index in [1.807, 2.05) is 0 Å². The minimum atomic E-state index is -0.545. The second-order valence-corrected chi connectivity index (χ2v) is 3.60. The Bertz CT molecular complexity index is 334. The number of furan rings is 1. The zero-order valence-electron chi connectivity index (χ0n) is 9.53. The first kappa shape index (κ1) is 12.7. The Morgan fingerprint density at radius 3 is 3.00 bits per heavy atom. The quantitative estimate of drug-likeness (QED) is 0.751. The number of hydrogen-bond acceptors (Lipinski definition) is 4. The van der Waals surface area contributed by atoms with Gasteiger partial charge in [0.2, 0.25) is 0 Å². The molecule has 1 amide bonds. The maximum atomic E-state index is 11.5. The highest BCUT2D eigenvalue weighted by Gasteiger charge is 2.09. The fourth-order valence-corrected chi connectivity index (χ4v) is 1.29. The van der Waals surface area contributed by atoms with Gasteiger partial charge in [-0.05, 0) is 19.4 Å². The van der Waals surface area contributed by atoms with Gasteiger partial charge in [-0.15, -0.1) is 0 Å². The van der Waals surface area contributed by atoms with Gasteiger partial charge >= 0.3 is 0 Å². The molecule has 0 radical (unpaired) electrons. The van der Waals surface area contributed by atoms with Crippen LogP contribution < -0.4 is 5.32 Å². The molecule has 1 aromatic rings. The van der Waals surface area contributed by atoms with E-state index in [-0.39, 0.29) is 12.5 Å². The molecule has 1 unspecified atom stereocenters. The first-order chi connectivity index (χ1) is 7.63. The molecule has 0 aliphatic heterocycles. The van der Waals surface area contributed by atoms with Crippen LogP contribution in [0.3, 0.4) is 0 Å². The summed E-state index contributed by atoms with van der Waals surface area (Å²) < 4.78 is 9.79. The SMILES string of the molecule is COCC(O)CCNC(=O)c1coc(C)c1. The summed E-state index contributed by atoms with van der Waals surface area (Å²) >= 11 is 0. The lowest BCUT2D eigenvalue weighted by Gasteiger charge is -2.09. The fourth-order valence-electron chi connectivity index (χ4n) is 1.29. The molecular weight excluding hydrogens is 210 g/mol. The van der Waals surface area contributed by atoms with E-state index < -0.39 is 6.10 Å². The summed E-state index contributed by atoms with van der Waals surface area (Å²) in [6.45, 7) is 2.47. The predicted molar refractivity (Wildman–Crippen MR) is 58.3 cm³/mol. The maximum absolute atomic E-state index is 11.5. The summed E-state index contributed by atoms with van der Waals surface area (Å²) in [5.74, 6) is 0.506. The van der Waals surface area contributed by atoms with Crippen LogP contribution in [0, 0.1) is 6.92 Å². The van der Waals surface area contributed by atoms with E-state index in [1.54, 1.807) is 13.0 Å². The van der Waals surface area contributed by atoms with Crippen LogP contribution in [0.25, 0.3) is 0 Å². The van der Waals surface area contributed by atoms with Crippen LogP contribution >= 0.6 is 0 Å². The van der Waals surface area contributed by atoms with Gasteiger partial charge in [0, 0.05) is 13.7 Å². The maximum Gasteiger partial charge on any atom is 0.254 e. The van der Waals surface area contributed by atoms with Crippen molar-refractivity contribution in [3.05, 3.63) is 23.7 Å². The largest absolute Gasteiger partial charge is 0.469 e. The van der Waals surface area contributed by atoms with Gasteiger partial charge in [0.1, 0.15) is 12.0 Å². The highest BCUT2D eigenvalue weighted by Crippen LogP contribution is 2.05. The zero-order valence-corrected chi connectivity index (χ0v) is 9.53. The molecule has 0 spiro atoms. The van der Waals surface area contributed by atoms with Crippen molar-refractivity contribution in [3.8, 4) is 0 Å². The molecule has 0 aliphatic carbocycles. The minimum Gasteiger partial charge on any atom is -0.469 e. The van der Waals surface area contributed by atoms with Gasteiger partial charge < -0.3 is 19.6 Å². The number of amides is 1. The van der Waals surface area contributed by atoms with Crippen molar-refractivity contribution >= 4 is 5.91 Å². The fraction of sp³-hybridized carbons (Fsp3) is 0.545. The summed E-state index contributed by atoms with van der Waals surface area (Å²) in [5, 5.41) is 12.0. The summed E-state index contributed by atoms with van der Waals surface area (Å²) in [5.41, 5.74) is 0.499. The third-order valence-corrected chi connectivity index (χ3v) is 2.11. The second-order valence-electron chi connectivity index (χ2n) is 3.60. The minimum absolute atomic E-state index is 0.193. The number of aliphatic hydroxyl groups excluding tert-OH is 1. The van der Waals surface area contributed by atoms with Gasteiger partial charge in [-0.3, -0.25) is 4.79 Å². The Kier molecular flexibility index (Phi) is 5.01. The number of rotatable bonds is 6. The highest BCUT2D eigenvalue weighted by atomic mass is 16.5. The summed E-state index contributed by atoms with van der Waals surface area (Å²) in [6.07, 6.45) is 1.34. The monoisotopic (exact) mass is 227 g/mol. The summed E-state index contributed by atoms with van der Waals surface area (Å²) in [7, 11) is 1.52. The smallest absolute Gasteiger partial charge is 0.254 e. The molecule has 2 N–H and O–H groups in total. The van der Waals surface area contributed by atoms with E-state index in [2.05, 4.69) is 5.32 Å². The molecular formula is C11H17NO4. The lowest BCUT2D eigenvalue weighted by Crippen LogP contribution is -2.28. The molecule has 1 rings (SSSR count). The third-order valence-electron chi connectivity index (χ3n) is 2.11. The number of aliphatic hydroxyl groups is 1. The summed E-state index contributed by atoms with van der Waals surface area (Å²) in [4.78, 5) is 11.5.